The smallest absolute Gasteiger partial charge is 0.149 e. The van der Waals surface area contributed by atoms with Gasteiger partial charge in [-0.1, -0.05) is 6.92 Å². The van der Waals surface area contributed by atoms with Crippen LogP contribution >= 0.6 is 0 Å². The van der Waals surface area contributed by atoms with Gasteiger partial charge in [0.25, 0.3) is 0 Å². The van der Waals surface area contributed by atoms with Gasteiger partial charge >= 0.3 is 0 Å². The van der Waals surface area contributed by atoms with Gasteiger partial charge in [-0.25, -0.2) is 26.7 Å². The van der Waals surface area contributed by atoms with E-state index in [2.05, 4.69) is 20.0 Å². The standard InChI is InChI=1S/C29H34F2N6O4S/c1-18-16-36(17-24(32)29(18)41-9-10-42(2,39)40)26-5-7-33-14-20(26)13-27-34-15-21-3-4-25(35-37(21)27)28-22(30)11-19(6-8-38)12-23(28)31/h3-5,7,11-12,14-15,18,24,29,38H,6,8-10,13,16-17,32H2,1-2H3/t18-,24+,29-/m0/s1. The number of aliphatic hydroxyl groups is 1. The highest BCUT2D eigenvalue weighted by atomic mass is 32.2. The number of ether oxygens (including phenoxy) is 1. The molecule has 3 aromatic heterocycles. The largest absolute Gasteiger partial charge is 0.396 e. The van der Waals surface area contributed by atoms with E-state index in [1.165, 1.54) is 18.4 Å². The van der Waals surface area contributed by atoms with Gasteiger partial charge in [-0.05, 0) is 42.3 Å². The highest BCUT2D eigenvalue weighted by Gasteiger charge is 2.34. The van der Waals surface area contributed by atoms with Crippen LogP contribution in [0.25, 0.3) is 16.8 Å². The van der Waals surface area contributed by atoms with Gasteiger partial charge in [-0.15, -0.1) is 0 Å². The zero-order valence-electron chi connectivity index (χ0n) is 23.5. The van der Waals surface area contributed by atoms with E-state index in [4.69, 9.17) is 15.6 Å². The molecule has 224 valence electrons. The third-order valence-electron chi connectivity index (χ3n) is 7.47. The van der Waals surface area contributed by atoms with Crippen molar-refractivity contribution in [2.24, 2.45) is 11.7 Å². The minimum absolute atomic E-state index is 0.0411. The van der Waals surface area contributed by atoms with Gasteiger partial charge in [0.2, 0.25) is 0 Å². The lowest BCUT2D eigenvalue weighted by atomic mass is 9.91. The zero-order valence-corrected chi connectivity index (χ0v) is 24.3. The fraction of sp³-hybridized carbons (Fsp3) is 0.414. The number of fused-ring (bicyclic) bond motifs is 1. The van der Waals surface area contributed by atoms with E-state index in [1.54, 1.807) is 35.2 Å². The number of halogens is 2. The van der Waals surface area contributed by atoms with Crippen molar-refractivity contribution in [1.29, 1.82) is 0 Å². The van der Waals surface area contributed by atoms with E-state index >= 15 is 0 Å². The number of hydrogen-bond acceptors (Lipinski definition) is 9. The summed E-state index contributed by atoms with van der Waals surface area (Å²) in [5.41, 5.74) is 9.20. The fourth-order valence-electron chi connectivity index (χ4n) is 5.49. The number of hydrogen-bond donors (Lipinski definition) is 2. The molecule has 1 aliphatic heterocycles. The number of benzene rings is 1. The van der Waals surface area contributed by atoms with Crippen LogP contribution in [-0.4, -0.2) is 83.6 Å². The van der Waals surface area contributed by atoms with E-state index in [1.807, 2.05) is 13.0 Å². The van der Waals surface area contributed by atoms with Gasteiger partial charge < -0.3 is 20.5 Å². The van der Waals surface area contributed by atoms with E-state index in [0.717, 1.165) is 11.3 Å². The Bertz CT molecular complexity index is 1650. The van der Waals surface area contributed by atoms with Crippen molar-refractivity contribution in [3.63, 3.8) is 0 Å². The molecule has 3 N–H and O–H groups in total. The third-order valence-corrected chi connectivity index (χ3v) is 8.38. The van der Waals surface area contributed by atoms with Crippen molar-refractivity contribution in [2.75, 3.05) is 43.2 Å². The van der Waals surface area contributed by atoms with Crippen molar-refractivity contribution < 1.29 is 27.0 Å². The summed E-state index contributed by atoms with van der Waals surface area (Å²) >= 11 is 0. The van der Waals surface area contributed by atoms with Gasteiger partial charge in [0, 0.05) is 68.0 Å². The van der Waals surface area contributed by atoms with Crippen molar-refractivity contribution >= 4 is 21.0 Å². The summed E-state index contributed by atoms with van der Waals surface area (Å²) in [4.78, 5) is 11.0. The molecular formula is C29H34F2N6O4S. The monoisotopic (exact) mass is 600 g/mol. The quantitative estimate of drug-likeness (QED) is 0.281. The number of piperidine rings is 1. The number of imidazole rings is 1. The summed E-state index contributed by atoms with van der Waals surface area (Å²) in [6, 6.07) is 7.26. The third kappa shape index (κ3) is 6.59. The number of aromatic nitrogens is 4. The molecule has 0 spiro atoms. The average molecular weight is 601 g/mol. The van der Waals surface area contributed by atoms with E-state index in [-0.39, 0.29) is 54.7 Å². The van der Waals surface area contributed by atoms with Crippen LogP contribution in [0, 0.1) is 17.6 Å². The number of sulfone groups is 1. The first-order valence-electron chi connectivity index (χ1n) is 13.7. The Morgan fingerprint density at radius 1 is 1.14 bits per heavy atom. The predicted octanol–water partition coefficient (Wildman–Crippen LogP) is 2.41. The number of anilines is 1. The number of nitrogens with zero attached hydrogens (tertiary/aromatic N) is 5. The van der Waals surface area contributed by atoms with E-state index < -0.39 is 21.5 Å². The molecule has 0 radical (unpaired) electrons. The van der Waals surface area contributed by atoms with E-state index in [0.29, 0.717) is 36.4 Å². The van der Waals surface area contributed by atoms with Gasteiger partial charge in [-0.3, -0.25) is 4.98 Å². The molecular weight excluding hydrogens is 566 g/mol. The Morgan fingerprint density at radius 3 is 2.60 bits per heavy atom. The maximum Gasteiger partial charge on any atom is 0.149 e. The van der Waals surface area contributed by atoms with Crippen molar-refractivity contribution in [3.8, 4) is 11.3 Å². The molecule has 10 nitrogen and oxygen atoms in total. The number of rotatable bonds is 10. The highest BCUT2D eigenvalue weighted by molar-refractivity contribution is 7.90. The van der Waals surface area contributed by atoms with Crippen LogP contribution in [0.5, 0.6) is 0 Å². The maximum atomic E-state index is 14.9. The number of pyridine rings is 1. The van der Waals surface area contributed by atoms with Gasteiger partial charge in [-0.2, -0.15) is 5.10 Å². The molecule has 1 aromatic carbocycles. The lowest BCUT2D eigenvalue weighted by Gasteiger charge is -2.42. The van der Waals surface area contributed by atoms with Crippen LogP contribution in [0.4, 0.5) is 14.5 Å². The minimum Gasteiger partial charge on any atom is -0.396 e. The molecule has 42 heavy (non-hydrogen) atoms. The summed E-state index contributed by atoms with van der Waals surface area (Å²) in [5.74, 6) is -0.954. The molecule has 3 atom stereocenters. The maximum absolute atomic E-state index is 14.9. The summed E-state index contributed by atoms with van der Waals surface area (Å²) in [5, 5.41) is 13.7. The molecule has 4 aromatic rings. The summed E-state index contributed by atoms with van der Waals surface area (Å²) in [7, 11) is -3.13. The minimum atomic E-state index is -3.13. The predicted molar refractivity (Wildman–Crippen MR) is 155 cm³/mol. The van der Waals surface area contributed by atoms with Crippen LogP contribution < -0.4 is 10.6 Å². The van der Waals surface area contributed by atoms with Crippen molar-refractivity contribution in [2.45, 2.75) is 31.9 Å². The molecule has 4 heterocycles. The fourth-order valence-corrected chi connectivity index (χ4v) is 5.89. The van der Waals surface area contributed by atoms with E-state index in [9.17, 15) is 17.2 Å². The SMILES string of the molecule is C[C@H]1CN(c2ccncc2Cc2ncc3ccc(-c4c(F)cc(CCO)cc4F)nn23)C[C@@H](N)[C@H]1OCCS(C)(=O)=O. The molecule has 0 amide bonds. The molecule has 5 rings (SSSR count). The second kappa shape index (κ2) is 12.4. The molecule has 0 bridgehead atoms. The Kier molecular flexibility index (Phi) is 8.83. The lowest BCUT2D eigenvalue weighted by molar-refractivity contribution is 0.00179. The first kappa shape index (κ1) is 30.0. The van der Waals surface area contributed by atoms with Crippen LogP contribution in [0.3, 0.4) is 0 Å². The molecule has 13 heteroatoms. The van der Waals surface area contributed by atoms with Crippen LogP contribution in [0.2, 0.25) is 0 Å². The lowest BCUT2D eigenvalue weighted by Crippen LogP contribution is -2.57. The molecule has 0 saturated carbocycles. The highest BCUT2D eigenvalue weighted by Crippen LogP contribution is 2.30. The van der Waals surface area contributed by atoms with Crippen molar-refractivity contribution in [3.05, 3.63) is 77.5 Å². The average Bonchev–Trinajstić information content (AvgIpc) is 3.31. The van der Waals surface area contributed by atoms with Gasteiger partial charge in [0.15, 0.2) is 0 Å². The molecule has 0 aliphatic carbocycles. The molecule has 1 aliphatic rings. The van der Waals surface area contributed by atoms with Gasteiger partial charge in [0.05, 0.1) is 41.4 Å². The summed E-state index contributed by atoms with van der Waals surface area (Å²) in [6.45, 7) is 3.06. The van der Waals surface area contributed by atoms with Gasteiger partial charge in [0.1, 0.15) is 27.3 Å². The second-order valence-corrected chi connectivity index (χ2v) is 13.1. The topological polar surface area (TPSA) is 136 Å². The number of nitrogens with two attached hydrogens (primary N) is 1. The Morgan fingerprint density at radius 2 is 1.90 bits per heavy atom. The van der Waals surface area contributed by atoms with Crippen LogP contribution in [-0.2, 0) is 27.4 Å². The Balaban J connectivity index is 1.38. The van der Waals surface area contributed by atoms with Crippen LogP contribution in [0.15, 0.2) is 48.9 Å². The molecule has 1 fully saturated rings. The first-order chi connectivity index (χ1) is 20.0. The zero-order chi connectivity index (χ0) is 30.0. The first-order valence-corrected chi connectivity index (χ1v) is 15.8. The summed E-state index contributed by atoms with van der Waals surface area (Å²) < 4.78 is 60.3. The molecule has 0 unspecified atom stereocenters. The Labute approximate surface area is 243 Å². The molecule has 1 saturated heterocycles. The van der Waals surface area contributed by atoms with Crippen molar-refractivity contribution in [1.82, 2.24) is 19.6 Å². The number of aliphatic hydroxyl groups excluding tert-OH is 1. The Hall–Kier alpha value is -3.52. The normalized spacial score (nSPS) is 19.5. The second-order valence-electron chi connectivity index (χ2n) is 10.8. The summed E-state index contributed by atoms with van der Waals surface area (Å²) in [6.07, 6.45) is 6.52. The van der Waals surface area contributed by atoms with Crippen LogP contribution in [0.1, 0.15) is 23.9 Å².